The Morgan fingerprint density at radius 3 is 2.89 bits per heavy atom. The fraction of sp³-hybridized carbons (Fsp3) is 0.300. The van der Waals surface area contributed by atoms with E-state index in [1.54, 1.807) is 10.9 Å². The van der Waals surface area contributed by atoms with Gasteiger partial charge in [0.2, 0.25) is 5.95 Å². The number of anilines is 1. The maximum atomic E-state index is 9.07. The molecule has 0 aliphatic heterocycles. The minimum Gasteiger partial charge on any atom is -0.394 e. The maximum absolute atomic E-state index is 9.07. The molecule has 4 heterocycles. The first-order chi connectivity index (χ1) is 13.7. The van der Waals surface area contributed by atoms with E-state index in [2.05, 4.69) is 38.0 Å². The van der Waals surface area contributed by atoms with Crippen LogP contribution in [0.25, 0.3) is 33.4 Å². The lowest BCUT2D eigenvalue weighted by molar-refractivity contribution is 0.269. The number of aliphatic hydroxyl groups excluding tert-OH is 1. The first-order valence-corrected chi connectivity index (χ1v) is 9.42. The quantitative estimate of drug-likeness (QED) is 0.456. The molecule has 0 radical (unpaired) electrons. The van der Waals surface area contributed by atoms with Crippen molar-refractivity contribution in [2.24, 2.45) is 0 Å². The highest BCUT2D eigenvalue weighted by molar-refractivity contribution is 5.95. The summed E-state index contributed by atoms with van der Waals surface area (Å²) >= 11 is 0. The van der Waals surface area contributed by atoms with Crippen molar-refractivity contribution < 1.29 is 5.11 Å². The summed E-state index contributed by atoms with van der Waals surface area (Å²) in [5.74, 6) is 0.285. The summed E-state index contributed by atoms with van der Waals surface area (Å²) in [5, 5.41) is 14.3. The largest absolute Gasteiger partial charge is 0.394 e. The number of hydrogen-bond donors (Lipinski definition) is 3. The molecule has 4 aromatic rings. The Balaban J connectivity index is 1.75. The molecule has 0 bridgehead atoms. The van der Waals surface area contributed by atoms with E-state index in [1.807, 2.05) is 24.7 Å². The highest BCUT2D eigenvalue weighted by atomic mass is 16.3. The third kappa shape index (κ3) is 3.59. The summed E-state index contributed by atoms with van der Waals surface area (Å²) < 4.78 is 1.71. The van der Waals surface area contributed by atoms with E-state index in [0.717, 1.165) is 58.4 Å². The van der Waals surface area contributed by atoms with Gasteiger partial charge < -0.3 is 15.8 Å². The molecule has 8 heteroatoms. The lowest BCUT2D eigenvalue weighted by atomic mass is 10.1. The van der Waals surface area contributed by atoms with Gasteiger partial charge in [0.25, 0.3) is 0 Å². The van der Waals surface area contributed by atoms with E-state index >= 15 is 0 Å². The standard InChI is InChI=1S/C20H23N7O/c1-2-3-4-15-8-18(26-20(21)25-15)17-11-23-19-16(17)7-13(9-22-19)14-10-24-27(12-14)5-6-28/h7-12,28H,2-6H2,1H3,(H,22,23)(H2,21,25,26). The van der Waals surface area contributed by atoms with Gasteiger partial charge in [0, 0.05) is 46.4 Å². The van der Waals surface area contributed by atoms with Crippen molar-refractivity contribution in [1.82, 2.24) is 29.7 Å². The van der Waals surface area contributed by atoms with Crippen molar-refractivity contribution in [3.8, 4) is 22.4 Å². The summed E-state index contributed by atoms with van der Waals surface area (Å²) in [4.78, 5) is 16.5. The molecule has 0 amide bonds. The molecule has 4 N–H and O–H groups in total. The molecule has 0 atom stereocenters. The zero-order valence-electron chi connectivity index (χ0n) is 15.8. The van der Waals surface area contributed by atoms with Gasteiger partial charge in [0.05, 0.1) is 25.0 Å². The van der Waals surface area contributed by atoms with Gasteiger partial charge in [-0.1, -0.05) is 13.3 Å². The Bertz CT molecular complexity index is 1100. The fourth-order valence-corrected chi connectivity index (χ4v) is 3.25. The third-order valence-electron chi connectivity index (χ3n) is 4.69. The zero-order chi connectivity index (χ0) is 19.5. The van der Waals surface area contributed by atoms with Crippen molar-refractivity contribution in [2.45, 2.75) is 32.7 Å². The molecular formula is C20H23N7O. The van der Waals surface area contributed by atoms with Crippen LogP contribution in [0.15, 0.2) is 36.9 Å². The second kappa shape index (κ2) is 7.77. The lowest BCUT2D eigenvalue weighted by Crippen LogP contribution is -2.01. The van der Waals surface area contributed by atoms with E-state index < -0.39 is 0 Å². The monoisotopic (exact) mass is 377 g/mol. The number of aromatic amines is 1. The summed E-state index contributed by atoms with van der Waals surface area (Å²) in [7, 11) is 0. The zero-order valence-corrected chi connectivity index (χ0v) is 15.8. The molecular weight excluding hydrogens is 354 g/mol. The number of pyridine rings is 1. The number of nitrogens with one attached hydrogen (secondary N) is 1. The first-order valence-electron chi connectivity index (χ1n) is 9.42. The molecule has 0 aromatic carbocycles. The summed E-state index contributed by atoms with van der Waals surface area (Å²) in [5.41, 5.74) is 11.3. The molecule has 4 rings (SSSR count). The van der Waals surface area contributed by atoms with Gasteiger partial charge >= 0.3 is 0 Å². The number of fused-ring (bicyclic) bond motifs is 1. The Kier molecular flexibility index (Phi) is 5.03. The normalized spacial score (nSPS) is 11.4. The average Bonchev–Trinajstić information content (AvgIpc) is 3.32. The van der Waals surface area contributed by atoms with Crippen LogP contribution in [0.4, 0.5) is 5.95 Å². The second-order valence-electron chi connectivity index (χ2n) is 6.74. The molecule has 8 nitrogen and oxygen atoms in total. The molecule has 0 saturated heterocycles. The topological polar surface area (TPSA) is 119 Å². The Hall–Kier alpha value is -3.26. The molecule has 28 heavy (non-hydrogen) atoms. The van der Waals surface area contributed by atoms with Gasteiger partial charge in [-0.3, -0.25) is 4.68 Å². The number of H-pyrrole nitrogens is 1. The predicted molar refractivity (Wildman–Crippen MR) is 108 cm³/mol. The summed E-state index contributed by atoms with van der Waals surface area (Å²) in [6.45, 7) is 2.67. The van der Waals surface area contributed by atoms with Crippen molar-refractivity contribution in [1.29, 1.82) is 0 Å². The summed E-state index contributed by atoms with van der Waals surface area (Å²) in [6.07, 6.45) is 10.4. The van der Waals surface area contributed by atoms with Crippen molar-refractivity contribution >= 4 is 17.0 Å². The van der Waals surface area contributed by atoms with Crippen LogP contribution in [0.2, 0.25) is 0 Å². The molecule has 0 spiro atoms. The minimum absolute atomic E-state index is 0.0515. The van der Waals surface area contributed by atoms with Crippen LogP contribution in [-0.4, -0.2) is 41.4 Å². The minimum atomic E-state index is 0.0515. The average molecular weight is 377 g/mol. The lowest BCUT2D eigenvalue weighted by Gasteiger charge is -2.05. The number of unbranched alkanes of at least 4 members (excludes halogenated alkanes) is 1. The first kappa shape index (κ1) is 18.1. The van der Waals surface area contributed by atoms with Crippen LogP contribution in [-0.2, 0) is 13.0 Å². The number of aryl methyl sites for hydroxylation is 1. The van der Waals surface area contributed by atoms with Gasteiger partial charge in [-0.2, -0.15) is 5.10 Å². The number of rotatable bonds is 7. The van der Waals surface area contributed by atoms with Crippen LogP contribution >= 0.6 is 0 Å². The third-order valence-corrected chi connectivity index (χ3v) is 4.69. The Labute approximate surface area is 162 Å². The number of aromatic nitrogens is 6. The maximum Gasteiger partial charge on any atom is 0.220 e. The van der Waals surface area contributed by atoms with Gasteiger partial charge in [0.1, 0.15) is 5.65 Å². The number of hydrogen-bond acceptors (Lipinski definition) is 6. The van der Waals surface area contributed by atoms with Crippen LogP contribution in [0, 0.1) is 0 Å². The van der Waals surface area contributed by atoms with E-state index in [-0.39, 0.29) is 12.6 Å². The molecule has 0 aliphatic rings. The summed E-state index contributed by atoms with van der Waals surface area (Å²) in [6, 6.07) is 4.07. The van der Waals surface area contributed by atoms with Crippen molar-refractivity contribution in [3.63, 3.8) is 0 Å². The molecule has 0 unspecified atom stereocenters. The van der Waals surface area contributed by atoms with E-state index in [1.165, 1.54) is 0 Å². The molecule has 0 saturated carbocycles. The SMILES string of the molecule is CCCCc1cc(-c2c[nH]c3ncc(-c4cnn(CCO)c4)cc23)nc(N)n1. The van der Waals surface area contributed by atoms with Crippen LogP contribution in [0.5, 0.6) is 0 Å². The van der Waals surface area contributed by atoms with Gasteiger partial charge in [-0.25, -0.2) is 15.0 Å². The highest BCUT2D eigenvalue weighted by Crippen LogP contribution is 2.30. The van der Waals surface area contributed by atoms with Crippen LogP contribution in [0.1, 0.15) is 25.5 Å². The second-order valence-corrected chi connectivity index (χ2v) is 6.74. The van der Waals surface area contributed by atoms with E-state index in [4.69, 9.17) is 10.8 Å². The molecule has 0 aliphatic carbocycles. The number of nitrogen functional groups attached to an aromatic ring is 1. The van der Waals surface area contributed by atoms with E-state index in [0.29, 0.717) is 6.54 Å². The van der Waals surface area contributed by atoms with Crippen molar-refractivity contribution in [3.05, 3.63) is 42.6 Å². The number of nitrogens with zero attached hydrogens (tertiary/aromatic N) is 5. The fourth-order valence-electron chi connectivity index (χ4n) is 3.25. The van der Waals surface area contributed by atoms with Gasteiger partial charge in [0.15, 0.2) is 0 Å². The molecule has 4 aromatic heterocycles. The molecule has 0 fully saturated rings. The Morgan fingerprint density at radius 2 is 2.07 bits per heavy atom. The van der Waals surface area contributed by atoms with Gasteiger partial charge in [-0.05, 0) is 25.0 Å². The van der Waals surface area contributed by atoms with Crippen LogP contribution < -0.4 is 5.73 Å². The van der Waals surface area contributed by atoms with Crippen LogP contribution in [0.3, 0.4) is 0 Å². The highest BCUT2D eigenvalue weighted by Gasteiger charge is 2.13. The molecule has 144 valence electrons. The van der Waals surface area contributed by atoms with Gasteiger partial charge in [-0.15, -0.1) is 0 Å². The Morgan fingerprint density at radius 1 is 1.18 bits per heavy atom. The van der Waals surface area contributed by atoms with E-state index in [9.17, 15) is 0 Å². The predicted octanol–water partition coefficient (Wildman–Crippen LogP) is 2.80. The smallest absolute Gasteiger partial charge is 0.220 e. The van der Waals surface area contributed by atoms with Crippen molar-refractivity contribution in [2.75, 3.05) is 12.3 Å². The number of nitrogens with two attached hydrogens (primary N) is 1. The number of aliphatic hydroxyl groups is 1.